The molecular weight excluding hydrogens is 138 g/mol. The van der Waals surface area contributed by atoms with Gasteiger partial charge < -0.3 is 10.4 Å². The predicted octanol–water partition coefficient (Wildman–Crippen LogP) is 0.543. The van der Waals surface area contributed by atoms with Crippen molar-refractivity contribution in [2.45, 2.75) is 25.4 Å². The highest BCUT2D eigenvalue weighted by atomic mass is 35.5. The summed E-state index contributed by atoms with van der Waals surface area (Å²) in [7, 11) is 0. The predicted molar refractivity (Wildman–Crippen MR) is 40.0 cm³/mol. The van der Waals surface area contributed by atoms with Gasteiger partial charge in [0.2, 0.25) is 0 Å². The average molecular weight is 152 g/mol. The molecule has 9 heavy (non-hydrogen) atoms. The molecule has 1 fully saturated rings. The zero-order valence-electron chi connectivity index (χ0n) is 5.68. The fourth-order valence-corrected chi connectivity index (χ4v) is 1.04. The van der Waals surface area contributed by atoms with Gasteiger partial charge in [0.15, 0.2) is 0 Å². The molecule has 1 saturated heterocycles. The molecular formula is C6H14ClNO. The van der Waals surface area contributed by atoms with Crippen molar-refractivity contribution in [3.05, 3.63) is 0 Å². The Labute approximate surface area is 62.1 Å². The van der Waals surface area contributed by atoms with Crippen LogP contribution in [0.25, 0.3) is 0 Å². The van der Waals surface area contributed by atoms with Crippen LogP contribution in [-0.4, -0.2) is 23.8 Å². The van der Waals surface area contributed by atoms with E-state index in [4.69, 9.17) is 0 Å². The van der Waals surface area contributed by atoms with Gasteiger partial charge in [0.25, 0.3) is 0 Å². The monoisotopic (exact) mass is 151 g/mol. The van der Waals surface area contributed by atoms with Crippen molar-refractivity contribution < 1.29 is 5.11 Å². The van der Waals surface area contributed by atoms with E-state index < -0.39 is 5.60 Å². The van der Waals surface area contributed by atoms with Crippen molar-refractivity contribution in [1.29, 1.82) is 0 Å². The number of piperidine rings is 1. The van der Waals surface area contributed by atoms with Crippen LogP contribution in [0.5, 0.6) is 0 Å². The van der Waals surface area contributed by atoms with Gasteiger partial charge in [0.1, 0.15) is 0 Å². The Morgan fingerprint density at radius 1 is 1.56 bits per heavy atom. The molecule has 0 aromatic heterocycles. The van der Waals surface area contributed by atoms with E-state index in [1.807, 2.05) is 6.92 Å². The fraction of sp³-hybridized carbons (Fsp3) is 1.00. The summed E-state index contributed by atoms with van der Waals surface area (Å²) in [5.74, 6) is 0. The highest BCUT2D eigenvalue weighted by Gasteiger charge is 2.21. The van der Waals surface area contributed by atoms with E-state index in [0.29, 0.717) is 0 Å². The summed E-state index contributed by atoms with van der Waals surface area (Å²) < 4.78 is 0. The lowest BCUT2D eigenvalue weighted by Gasteiger charge is -2.28. The van der Waals surface area contributed by atoms with Gasteiger partial charge in [-0.25, -0.2) is 0 Å². The number of nitrogens with one attached hydrogen (secondary N) is 1. The Morgan fingerprint density at radius 3 is 2.44 bits per heavy atom. The minimum Gasteiger partial charge on any atom is -0.389 e. The van der Waals surface area contributed by atoms with Crippen molar-refractivity contribution in [2.75, 3.05) is 13.1 Å². The molecule has 0 bridgehead atoms. The first kappa shape index (κ1) is 9.21. The first-order valence-electron chi connectivity index (χ1n) is 3.14. The van der Waals surface area contributed by atoms with E-state index in [1.54, 1.807) is 0 Å². The van der Waals surface area contributed by atoms with Crippen molar-refractivity contribution in [3.8, 4) is 0 Å². The maximum Gasteiger partial charge on any atom is 0.0744 e. The van der Waals surface area contributed by atoms with Gasteiger partial charge in [-0.15, -0.1) is 12.4 Å². The zero-order chi connectivity index (χ0) is 6.04. The van der Waals surface area contributed by atoms with Crippen LogP contribution in [0.4, 0.5) is 0 Å². The maximum atomic E-state index is 9.31. The minimum atomic E-state index is -0.432. The molecule has 3 heteroatoms. The summed E-state index contributed by atoms with van der Waals surface area (Å²) >= 11 is 0. The van der Waals surface area contributed by atoms with Crippen molar-refractivity contribution in [1.82, 2.24) is 5.32 Å². The van der Waals surface area contributed by atoms with Gasteiger partial charge in [-0.3, -0.25) is 0 Å². The van der Waals surface area contributed by atoms with Gasteiger partial charge in [0, 0.05) is 6.54 Å². The van der Waals surface area contributed by atoms with E-state index in [-0.39, 0.29) is 12.4 Å². The number of β-amino-alcohol motifs (C(OH)–C–C–N with tert-alkyl or cyclic N) is 1. The van der Waals surface area contributed by atoms with E-state index in [1.165, 1.54) is 0 Å². The highest BCUT2D eigenvalue weighted by Crippen LogP contribution is 2.13. The third-order valence-corrected chi connectivity index (χ3v) is 1.57. The molecule has 1 aliphatic heterocycles. The first-order chi connectivity index (χ1) is 3.71. The third kappa shape index (κ3) is 3.04. The van der Waals surface area contributed by atoms with Crippen molar-refractivity contribution in [3.63, 3.8) is 0 Å². The van der Waals surface area contributed by atoms with Crippen LogP contribution in [0.2, 0.25) is 0 Å². The first-order valence-corrected chi connectivity index (χ1v) is 3.14. The van der Waals surface area contributed by atoms with Crippen LogP contribution in [0, 0.1) is 0 Å². The van der Waals surface area contributed by atoms with Gasteiger partial charge in [-0.1, -0.05) is 0 Å². The Balaban J connectivity index is 0.000000640. The maximum absolute atomic E-state index is 9.31. The van der Waals surface area contributed by atoms with Gasteiger partial charge >= 0.3 is 0 Å². The van der Waals surface area contributed by atoms with Gasteiger partial charge in [-0.05, 0) is 26.3 Å². The molecule has 0 aromatic carbocycles. The van der Waals surface area contributed by atoms with Crippen LogP contribution in [0.3, 0.4) is 0 Å². The summed E-state index contributed by atoms with van der Waals surface area (Å²) in [4.78, 5) is 0. The lowest BCUT2D eigenvalue weighted by atomic mass is 9.97. The van der Waals surface area contributed by atoms with Gasteiger partial charge in [-0.2, -0.15) is 0 Å². The molecule has 0 amide bonds. The largest absolute Gasteiger partial charge is 0.389 e. The smallest absolute Gasteiger partial charge is 0.0744 e. The topological polar surface area (TPSA) is 32.3 Å². The molecule has 1 aliphatic rings. The van der Waals surface area contributed by atoms with Crippen LogP contribution in [-0.2, 0) is 0 Å². The Bertz CT molecular complexity index is 77.1. The van der Waals surface area contributed by atoms with Crippen molar-refractivity contribution in [2.24, 2.45) is 0 Å². The van der Waals surface area contributed by atoms with Crippen LogP contribution >= 0.6 is 12.4 Å². The van der Waals surface area contributed by atoms with Crippen LogP contribution < -0.4 is 5.32 Å². The molecule has 0 aliphatic carbocycles. The average Bonchev–Trinajstić information content (AvgIpc) is 1.65. The molecule has 0 unspecified atom stereocenters. The quantitative estimate of drug-likeness (QED) is 0.530. The summed E-state index contributed by atoms with van der Waals surface area (Å²) in [6, 6.07) is 0. The standard InChI is InChI=1S/C6H13NO.ClH/c1-6(8)3-2-4-7-5-6;/h7-8H,2-5H2,1H3;1H/t6-;/m1./s1. The minimum absolute atomic E-state index is 0. The molecule has 0 spiro atoms. The van der Waals surface area contributed by atoms with E-state index in [0.717, 1.165) is 25.9 Å². The Morgan fingerprint density at radius 2 is 2.22 bits per heavy atom. The number of hydrogen-bond donors (Lipinski definition) is 2. The summed E-state index contributed by atoms with van der Waals surface area (Å²) in [5, 5.41) is 12.4. The van der Waals surface area contributed by atoms with E-state index in [9.17, 15) is 5.11 Å². The van der Waals surface area contributed by atoms with E-state index >= 15 is 0 Å². The molecule has 2 N–H and O–H groups in total. The summed E-state index contributed by atoms with van der Waals surface area (Å²) in [6.07, 6.45) is 2.05. The number of aliphatic hydroxyl groups is 1. The lowest BCUT2D eigenvalue weighted by molar-refractivity contribution is 0.0351. The van der Waals surface area contributed by atoms with Crippen LogP contribution in [0.15, 0.2) is 0 Å². The Hall–Kier alpha value is 0.210. The molecule has 0 radical (unpaired) electrons. The van der Waals surface area contributed by atoms with Crippen molar-refractivity contribution >= 4 is 12.4 Å². The SMILES string of the molecule is C[C@@]1(O)CCCNC1.Cl. The molecule has 0 saturated carbocycles. The second-order valence-corrected chi connectivity index (χ2v) is 2.78. The van der Waals surface area contributed by atoms with Crippen LogP contribution in [0.1, 0.15) is 19.8 Å². The highest BCUT2D eigenvalue weighted by molar-refractivity contribution is 5.85. The second-order valence-electron chi connectivity index (χ2n) is 2.78. The molecule has 1 atom stereocenters. The molecule has 0 aromatic rings. The molecule has 1 heterocycles. The lowest BCUT2D eigenvalue weighted by Crippen LogP contribution is -2.42. The van der Waals surface area contributed by atoms with E-state index in [2.05, 4.69) is 5.32 Å². The number of halogens is 1. The Kier molecular flexibility index (Phi) is 3.48. The fourth-order valence-electron chi connectivity index (χ4n) is 1.04. The third-order valence-electron chi connectivity index (χ3n) is 1.57. The zero-order valence-corrected chi connectivity index (χ0v) is 6.50. The summed E-state index contributed by atoms with van der Waals surface area (Å²) in [5.41, 5.74) is -0.432. The second kappa shape index (κ2) is 3.40. The number of rotatable bonds is 0. The van der Waals surface area contributed by atoms with Gasteiger partial charge in [0.05, 0.1) is 5.60 Å². The molecule has 56 valence electrons. The normalized spacial score (nSPS) is 35.3. The molecule has 1 rings (SSSR count). The molecule has 2 nitrogen and oxygen atoms in total. The number of hydrogen-bond acceptors (Lipinski definition) is 2. The summed E-state index contributed by atoms with van der Waals surface area (Å²) in [6.45, 7) is 3.70.